The number of fused-ring (bicyclic) bond motifs is 1. The van der Waals surface area contributed by atoms with Gasteiger partial charge in [0.25, 0.3) is 0 Å². The van der Waals surface area contributed by atoms with Crippen molar-refractivity contribution < 1.29 is 22.6 Å². The predicted molar refractivity (Wildman–Crippen MR) is 89.0 cm³/mol. The molecule has 0 saturated heterocycles. The first kappa shape index (κ1) is 16.6. The van der Waals surface area contributed by atoms with Crippen LogP contribution in [0.15, 0.2) is 41.3 Å². The Morgan fingerprint density at radius 3 is 2.12 bits per heavy atom. The molecule has 0 unspecified atom stereocenters. The van der Waals surface area contributed by atoms with E-state index >= 15 is 0 Å². The van der Waals surface area contributed by atoms with Gasteiger partial charge in [0, 0.05) is 19.2 Å². The van der Waals surface area contributed by atoms with E-state index < -0.39 is 10.0 Å². The molecule has 128 valence electrons. The molecule has 0 aliphatic carbocycles. The van der Waals surface area contributed by atoms with Gasteiger partial charge >= 0.3 is 0 Å². The van der Waals surface area contributed by atoms with Crippen LogP contribution < -0.4 is 14.2 Å². The zero-order valence-corrected chi connectivity index (χ0v) is 14.6. The third-order valence-electron chi connectivity index (χ3n) is 4.10. The van der Waals surface area contributed by atoms with Gasteiger partial charge in [-0.25, -0.2) is 8.42 Å². The maximum absolute atomic E-state index is 13.0. The van der Waals surface area contributed by atoms with Gasteiger partial charge in [0.15, 0.2) is 0 Å². The van der Waals surface area contributed by atoms with E-state index in [1.54, 1.807) is 19.2 Å². The lowest BCUT2D eigenvalue weighted by Gasteiger charge is -2.18. The van der Waals surface area contributed by atoms with Crippen LogP contribution in [0.5, 0.6) is 17.2 Å². The number of nitrogens with zero attached hydrogens (tertiary/aromatic N) is 1. The summed E-state index contributed by atoms with van der Waals surface area (Å²) in [5.74, 6) is 1.53. The van der Waals surface area contributed by atoms with Crippen LogP contribution in [-0.4, -0.2) is 34.1 Å². The summed E-state index contributed by atoms with van der Waals surface area (Å²) < 4.78 is 43.0. The molecule has 2 aromatic rings. The van der Waals surface area contributed by atoms with Crippen LogP contribution in [0.25, 0.3) is 0 Å². The van der Waals surface area contributed by atoms with Crippen LogP contribution in [0.4, 0.5) is 0 Å². The number of rotatable bonds is 5. The number of sulfonamides is 1. The molecule has 3 rings (SSSR count). The summed E-state index contributed by atoms with van der Waals surface area (Å²) in [7, 11) is 0.872. The van der Waals surface area contributed by atoms with Gasteiger partial charge in [0.05, 0.1) is 21.3 Å². The van der Waals surface area contributed by atoms with Crippen LogP contribution in [-0.2, 0) is 23.1 Å². The normalized spacial score (nSPS) is 14.3. The van der Waals surface area contributed by atoms with Gasteiger partial charge in [-0.2, -0.15) is 4.31 Å². The smallest absolute Gasteiger partial charge is 0.247 e. The summed E-state index contributed by atoms with van der Waals surface area (Å²) in [6, 6.07) is 10.3. The van der Waals surface area contributed by atoms with Gasteiger partial charge < -0.3 is 14.2 Å². The SMILES string of the molecule is COc1ccc2c(c1)CN(S(=O)(=O)c1ccc(OC)cc1OC)C2. The Morgan fingerprint density at radius 2 is 1.46 bits per heavy atom. The van der Waals surface area contributed by atoms with Crippen LogP contribution >= 0.6 is 0 Å². The third-order valence-corrected chi connectivity index (χ3v) is 5.93. The highest BCUT2D eigenvalue weighted by atomic mass is 32.2. The van der Waals surface area contributed by atoms with E-state index in [4.69, 9.17) is 14.2 Å². The first-order chi connectivity index (χ1) is 11.5. The molecule has 0 bridgehead atoms. The number of benzene rings is 2. The van der Waals surface area contributed by atoms with Crippen molar-refractivity contribution in [3.63, 3.8) is 0 Å². The highest BCUT2D eigenvalue weighted by Gasteiger charge is 2.33. The summed E-state index contributed by atoms with van der Waals surface area (Å²) in [6.45, 7) is 0.640. The fourth-order valence-corrected chi connectivity index (χ4v) is 4.30. The molecule has 7 heteroatoms. The van der Waals surface area contributed by atoms with Gasteiger partial charge in [-0.1, -0.05) is 6.07 Å². The molecule has 1 aliphatic rings. The lowest BCUT2D eigenvalue weighted by molar-refractivity contribution is 0.380. The second-order valence-electron chi connectivity index (χ2n) is 5.42. The molecule has 0 atom stereocenters. The Bertz CT molecular complexity index is 863. The van der Waals surface area contributed by atoms with E-state index in [9.17, 15) is 8.42 Å². The number of ether oxygens (including phenoxy) is 3. The Hall–Kier alpha value is -2.25. The Balaban J connectivity index is 1.95. The van der Waals surface area contributed by atoms with Crippen LogP contribution in [0.2, 0.25) is 0 Å². The topological polar surface area (TPSA) is 65.1 Å². The van der Waals surface area contributed by atoms with Crippen molar-refractivity contribution in [1.29, 1.82) is 0 Å². The average Bonchev–Trinajstić information content (AvgIpc) is 3.04. The third kappa shape index (κ3) is 2.81. The molecule has 2 aromatic carbocycles. The van der Waals surface area contributed by atoms with Crippen molar-refractivity contribution in [3.05, 3.63) is 47.5 Å². The fourth-order valence-electron chi connectivity index (χ4n) is 2.76. The minimum Gasteiger partial charge on any atom is -0.497 e. The molecular formula is C17H19NO5S. The summed E-state index contributed by atoms with van der Waals surface area (Å²) in [4.78, 5) is 0.130. The second-order valence-corrected chi connectivity index (χ2v) is 7.33. The van der Waals surface area contributed by atoms with E-state index in [0.717, 1.165) is 16.9 Å². The van der Waals surface area contributed by atoms with E-state index in [0.29, 0.717) is 18.8 Å². The van der Waals surface area contributed by atoms with Crippen LogP contribution in [0.3, 0.4) is 0 Å². The van der Waals surface area contributed by atoms with Crippen molar-refractivity contribution in [2.24, 2.45) is 0 Å². The number of methoxy groups -OCH3 is 3. The highest BCUT2D eigenvalue weighted by Crippen LogP contribution is 2.35. The lowest BCUT2D eigenvalue weighted by Crippen LogP contribution is -2.26. The number of hydrogen-bond donors (Lipinski definition) is 0. The standard InChI is InChI=1S/C17H19NO5S/c1-21-14-5-4-12-10-18(11-13(12)8-14)24(19,20)17-7-6-15(22-2)9-16(17)23-3/h4-9H,10-11H2,1-3H3. The molecule has 0 saturated carbocycles. The first-order valence-electron chi connectivity index (χ1n) is 7.37. The molecule has 0 fully saturated rings. The van der Waals surface area contributed by atoms with E-state index in [1.807, 2.05) is 18.2 Å². The largest absolute Gasteiger partial charge is 0.497 e. The molecule has 1 aliphatic heterocycles. The average molecular weight is 349 g/mol. The Morgan fingerprint density at radius 1 is 0.833 bits per heavy atom. The van der Waals surface area contributed by atoms with Crippen molar-refractivity contribution in [3.8, 4) is 17.2 Å². The predicted octanol–water partition coefficient (Wildman–Crippen LogP) is 2.42. The maximum atomic E-state index is 13.0. The van der Waals surface area contributed by atoms with Crippen molar-refractivity contribution in [2.75, 3.05) is 21.3 Å². The summed E-state index contributed by atoms with van der Waals surface area (Å²) in [5.41, 5.74) is 1.93. The van der Waals surface area contributed by atoms with Crippen molar-refractivity contribution >= 4 is 10.0 Å². The summed E-state index contributed by atoms with van der Waals surface area (Å²) in [5, 5.41) is 0. The van der Waals surface area contributed by atoms with Gasteiger partial charge in [0.2, 0.25) is 10.0 Å². The van der Waals surface area contributed by atoms with Crippen molar-refractivity contribution in [1.82, 2.24) is 4.31 Å². The molecule has 0 N–H and O–H groups in total. The summed E-state index contributed by atoms with van der Waals surface area (Å²) in [6.07, 6.45) is 0. The maximum Gasteiger partial charge on any atom is 0.247 e. The molecule has 6 nitrogen and oxygen atoms in total. The van der Waals surface area contributed by atoms with E-state index in [-0.39, 0.29) is 10.6 Å². The molecule has 0 spiro atoms. The Kier molecular flexibility index (Phi) is 4.38. The van der Waals surface area contributed by atoms with Gasteiger partial charge in [0.1, 0.15) is 22.1 Å². The van der Waals surface area contributed by atoms with Crippen LogP contribution in [0, 0.1) is 0 Å². The fraction of sp³-hybridized carbons (Fsp3) is 0.294. The van der Waals surface area contributed by atoms with E-state index in [1.165, 1.54) is 24.6 Å². The zero-order valence-electron chi connectivity index (χ0n) is 13.8. The first-order valence-corrected chi connectivity index (χ1v) is 8.81. The molecule has 0 aromatic heterocycles. The molecule has 0 radical (unpaired) electrons. The monoisotopic (exact) mass is 349 g/mol. The zero-order chi connectivity index (χ0) is 17.3. The molecular weight excluding hydrogens is 330 g/mol. The molecule has 0 amide bonds. The quantitative estimate of drug-likeness (QED) is 0.829. The molecule has 24 heavy (non-hydrogen) atoms. The number of hydrogen-bond acceptors (Lipinski definition) is 5. The van der Waals surface area contributed by atoms with E-state index in [2.05, 4.69) is 0 Å². The van der Waals surface area contributed by atoms with Gasteiger partial charge in [-0.05, 0) is 35.4 Å². The van der Waals surface area contributed by atoms with Gasteiger partial charge in [-0.15, -0.1) is 0 Å². The minimum atomic E-state index is -3.68. The van der Waals surface area contributed by atoms with Crippen molar-refractivity contribution in [2.45, 2.75) is 18.0 Å². The minimum absolute atomic E-state index is 0.130. The highest BCUT2D eigenvalue weighted by molar-refractivity contribution is 7.89. The lowest BCUT2D eigenvalue weighted by atomic mass is 10.1. The second kappa shape index (κ2) is 6.33. The van der Waals surface area contributed by atoms with Gasteiger partial charge in [-0.3, -0.25) is 0 Å². The molecule has 1 heterocycles. The Labute approximate surface area is 141 Å². The summed E-state index contributed by atoms with van der Waals surface area (Å²) >= 11 is 0. The van der Waals surface area contributed by atoms with Crippen LogP contribution in [0.1, 0.15) is 11.1 Å².